The molecule has 1 heterocycles. The zero-order valence-electron chi connectivity index (χ0n) is 17.0. The average Bonchev–Trinajstić information content (AvgIpc) is 2.61. The Balaban J connectivity index is 2.88. The Morgan fingerprint density at radius 1 is 1.00 bits per heavy atom. The highest BCUT2D eigenvalue weighted by Crippen LogP contribution is 2.41. The predicted molar refractivity (Wildman–Crippen MR) is 108 cm³/mol. The van der Waals surface area contributed by atoms with Gasteiger partial charge in [0, 0.05) is 0 Å². The Morgan fingerprint density at radius 3 is 1.88 bits per heavy atom. The van der Waals surface area contributed by atoms with Crippen LogP contribution in [0.4, 0.5) is 0 Å². The minimum absolute atomic E-state index is 0.0796. The summed E-state index contributed by atoms with van der Waals surface area (Å²) in [6.07, 6.45) is -0.631. The molecule has 1 fully saturated rings. The van der Waals surface area contributed by atoms with E-state index in [4.69, 9.17) is 13.6 Å². The summed E-state index contributed by atoms with van der Waals surface area (Å²) in [7, 11) is -3.89. The molecule has 0 bridgehead atoms. The standard InChI is InChI=1S/C17H35BrO4Si2/c1-16(2,3)23(7,8)20-11-12-14(13(18)15(19)21-12)22-24(9,10)17(4,5)6/h12-14H,11H2,1-10H3/t12-,13?,14-/m1/s1. The van der Waals surface area contributed by atoms with E-state index in [1.54, 1.807) is 0 Å². The number of hydrogen-bond acceptors (Lipinski definition) is 4. The highest BCUT2D eigenvalue weighted by atomic mass is 79.9. The van der Waals surface area contributed by atoms with Crippen molar-refractivity contribution in [3.8, 4) is 0 Å². The Kier molecular flexibility index (Phi) is 6.64. The Labute approximate surface area is 158 Å². The lowest BCUT2D eigenvalue weighted by Crippen LogP contribution is -2.50. The van der Waals surface area contributed by atoms with Crippen LogP contribution in [-0.2, 0) is 18.4 Å². The van der Waals surface area contributed by atoms with Crippen molar-refractivity contribution in [2.45, 2.75) is 94.8 Å². The van der Waals surface area contributed by atoms with E-state index in [-0.39, 0.29) is 28.3 Å². The maximum atomic E-state index is 12.1. The van der Waals surface area contributed by atoms with Crippen LogP contribution in [0.1, 0.15) is 41.5 Å². The molecular weight excluding hydrogens is 404 g/mol. The highest BCUT2D eigenvalue weighted by Gasteiger charge is 2.50. The SMILES string of the molecule is CC(C)(C)[Si](C)(C)OC[C@H]1OC(=O)C(Br)[C@@H]1O[Si](C)(C)C(C)(C)C. The fourth-order valence-corrected chi connectivity index (χ4v) is 4.98. The number of carbonyl (C=O) groups excluding carboxylic acids is 1. The first-order chi connectivity index (χ1) is 10.5. The molecule has 0 aromatic carbocycles. The van der Waals surface area contributed by atoms with Gasteiger partial charge in [-0.2, -0.15) is 0 Å². The van der Waals surface area contributed by atoms with E-state index in [9.17, 15) is 4.79 Å². The minimum Gasteiger partial charge on any atom is -0.456 e. The van der Waals surface area contributed by atoms with Gasteiger partial charge in [-0.05, 0) is 36.3 Å². The van der Waals surface area contributed by atoms with Crippen LogP contribution >= 0.6 is 15.9 Å². The maximum Gasteiger partial charge on any atom is 0.322 e. The third-order valence-electron chi connectivity index (χ3n) is 5.80. The van der Waals surface area contributed by atoms with E-state index < -0.39 is 21.5 Å². The topological polar surface area (TPSA) is 44.8 Å². The smallest absolute Gasteiger partial charge is 0.322 e. The van der Waals surface area contributed by atoms with Gasteiger partial charge in [-0.1, -0.05) is 57.5 Å². The van der Waals surface area contributed by atoms with Crippen LogP contribution in [0.15, 0.2) is 0 Å². The molecule has 0 spiro atoms. The van der Waals surface area contributed by atoms with E-state index in [2.05, 4.69) is 83.7 Å². The van der Waals surface area contributed by atoms with Crippen LogP contribution in [0.25, 0.3) is 0 Å². The predicted octanol–water partition coefficient (Wildman–Crippen LogP) is 5.09. The van der Waals surface area contributed by atoms with E-state index in [0.717, 1.165) is 0 Å². The fraction of sp³-hybridized carbons (Fsp3) is 0.941. The second-order valence-electron chi connectivity index (χ2n) is 9.79. The van der Waals surface area contributed by atoms with Gasteiger partial charge in [0.2, 0.25) is 0 Å². The summed E-state index contributed by atoms with van der Waals surface area (Å²) in [5.41, 5.74) is 0. The van der Waals surface area contributed by atoms with E-state index in [0.29, 0.717) is 6.61 Å². The van der Waals surface area contributed by atoms with Gasteiger partial charge >= 0.3 is 5.97 Å². The summed E-state index contributed by atoms with van der Waals surface area (Å²) in [6.45, 7) is 22.4. The quantitative estimate of drug-likeness (QED) is 0.340. The first-order valence-corrected chi connectivity index (χ1v) is 15.4. The normalized spacial score (nSPS) is 26.6. The molecule has 24 heavy (non-hydrogen) atoms. The van der Waals surface area contributed by atoms with Gasteiger partial charge in [-0.15, -0.1) is 0 Å². The summed E-state index contributed by atoms with van der Waals surface area (Å²) in [4.78, 5) is 11.7. The van der Waals surface area contributed by atoms with Gasteiger partial charge in [0.15, 0.2) is 22.7 Å². The van der Waals surface area contributed by atoms with Crippen molar-refractivity contribution >= 4 is 38.5 Å². The number of carbonyl (C=O) groups is 1. The van der Waals surface area contributed by atoms with Crippen LogP contribution in [0.5, 0.6) is 0 Å². The third kappa shape index (κ3) is 4.93. The van der Waals surface area contributed by atoms with Crippen molar-refractivity contribution in [2.75, 3.05) is 6.61 Å². The first kappa shape index (κ1) is 22.3. The zero-order valence-corrected chi connectivity index (χ0v) is 20.5. The largest absolute Gasteiger partial charge is 0.456 e. The summed E-state index contributed by atoms with van der Waals surface area (Å²) in [5, 5.41) is 0.204. The van der Waals surface area contributed by atoms with Crippen LogP contribution < -0.4 is 0 Å². The van der Waals surface area contributed by atoms with Gasteiger partial charge in [0.05, 0.1) is 6.61 Å². The zero-order chi connectivity index (χ0) is 19.1. The molecule has 0 saturated carbocycles. The minimum atomic E-state index is -2.00. The van der Waals surface area contributed by atoms with Gasteiger partial charge in [0.1, 0.15) is 10.9 Å². The summed E-state index contributed by atoms with van der Waals surface area (Å²) >= 11 is 3.47. The molecule has 3 atom stereocenters. The van der Waals surface area contributed by atoms with Gasteiger partial charge in [-0.25, -0.2) is 0 Å². The number of hydrogen-bond donors (Lipinski definition) is 0. The van der Waals surface area contributed by atoms with Crippen LogP contribution in [0.2, 0.25) is 36.3 Å². The first-order valence-electron chi connectivity index (χ1n) is 8.66. The molecule has 7 heteroatoms. The molecular formula is C17H35BrO4Si2. The molecule has 0 aliphatic carbocycles. The third-order valence-corrected chi connectivity index (χ3v) is 15.7. The number of ether oxygens (including phenoxy) is 1. The van der Waals surface area contributed by atoms with Crippen LogP contribution in [0, 0.1) is 0 Å². The summed E-state index contributed by atoms with van der Waals surface area (Å²) in [6, 6.07) is 0. The molecule has 142 valence electrons. The van der Waals surface area contributed by atoms with Gasteiger partial charge in [-0.3, -0.25) is 4.79 Å². The molecule has 0 radical (unpaired) electrons. The Hall–Kier alpha value is 0.304. The average molecular weight is 440 g/mol. The van der Waals surface area contributed by atoms with Gasteiger partial charge in [0.25, 0.3) is 0 Å². The van der Waals surface area contributed by atoms with Crippen LogP contribution in [0.3, 0.4) is 0 Å². The fourth-order valence-electron chi connectivity index (χ4n) is 1.89. The molecule has 1 aliphatic rings. The monoisotopic (exact) mass is 438 g/mol. The molecule has 1 rings (SSSR count). The van der Waals surface area contributed by atoms with E-state index >= 15 is 0 Å². The van der Waals surface area contributed by atoms with E-state index in [1.807, 2.05) is 0 Å². The molecule has 0 aromatic rings. The van der Waals surface area contributed by atoms with Crippen LogP contribution in [-0.4, -0.2) is 46.2 Å². The number of cyclic esters (lactones) is 1. The summed E-state index contributed by atoms with van der Waals surface area (Å²) < 4.78 is 18.3. The molecule has 1 saturated heterocycles. The number of rotatable bonds is 5. The lowest BCUT2D eigenvalue weighted by atomic mass is 10.2. The molecule has 0 aromatic heterocycles. The number of alkyl halides is 1. The second kappa shape index (κ2) is 7.14. The molecule has 4 nitrogen and oxygen atoms in total. The molecule has 1 unspecified atom stereocenters. The lowest BCUT2D eigenvalue weighted by molar-refractivity contribution is -0.142. The molecule has 0 N–H and O–H groups in total. The number of halogens is 1. The molecule has 1 aliphatic heterocycles. The molecule has 0 amide bonds. The Bertz CT molecular complexity index is 466. The highest BCUT2D eigenvalue weighted by molar-refractivity contribution is 9.10. The lowest BCUT2D eigenvalue weighted by Gasteiger charge is -2.40. The summed E-state index contributed by atoms with van der Waals surface area (Å²) in [5.74, 6) is -0.248. The van der Waals surface area contributed by atoms with Crippen molar-refractivity contribution < 1.29 is 18.4 Å². The van der Waals surface area contributed by atoms with Gasteiger partial charge < -0.3 is 13.6 Å². The maximum absolute atomic E-state index is 12.1. The van der Waals surface area contributed by atoms with E-state index in [1.165, 1.54) is 0 Å². The van der Waals surface area contributed by atoms with Crippen molar-refractivity contribution in [2.24, 2.45) is 0 Å². The van der Waals surface area contributed by atoms with Crippen molar-refractivity contribution in [1.82, 2.24) is 0 Å². The number of esters is 1. The van der Waals surface area contributed by atoms with Crippen molar-refractivity contribution in [1.29, 1.82) is 0 Å². The van der Waals surface area contributed by atoms with Crippen molar-refractivity contribution in [3.63, 3.8) is 0 Å². The second-order valence-corrected chi connectivity index (χ2v) is 20.3. The Morgan fingerprint density at radius 2 is 1.46 bits per heavy atom. The van der Waals surface area contributed by atoms with Crippen molar-refractivity contribution in [3.05, 3.63) is 0 Å².